The maximum Gasteiger partial charge on any atom is 0.255 e. The van der Waals surface area contributed by atoms with Gasteiger partial charge in [-0.05, 0) is 95.7 Å². The van der Waals surface area contributed by atoms with E-state index in [-0.39, 0.29) is 5.91 Å². The Kier molecular flexibility index (Phi) is 4.46. The highest BCUT2D eigenvalue weighted by Gasteiger charge is 2.10. The van der Waals surface area contributed by atoms with Crippen LogP contribution in [-0.4, -0.2) is 10.9 Å². The first-order valence-electron chi connectivity index (χ1n) is 8.13. The number of anilines is 1. The average molecular weight is 454 g/mol. The summed E-state index contributed by atoms with van der Waals surface area (Å²) in [5, 5.41) is 2.90. The predicted octanol–water partition coefficient (Wildman–Crippen LogP) is 5.66. The Hall–Kier alpha value is -2.67. The van der Waals surface area contributed by atoms with E-state index in [0.29, 0.717) is 11.5 Å². The second-order valence-electron chi connectivity index (χ2n) is 6.03. The number of benzene rings is 3. The molecule has 0 aliphatic rings. The first kappa shape index (κ1) is 16.8. The molecular formula is C21H15IN2O2. The van der Waals surface area contributed by atoms with Gasteiger partial charge in [-0.2, -0.15) is 0 Å². The lowest BCUT2D eigenvalue weighted by atomic mass is 10.2. The molecule has 1 N–H and O–H groups in total. The van der Waals surface area contributed by atoms with Crippen molar-refractivity contribution in [2.75, 3.05) is 5.32 Å². The highest BCUT2D eigenvalue weighted by Crippen LogP contribution is 2.26. The topological polar surface area (TPSA) is 55.1 Å². The van der Waals surface area contributed by atoms with E-state index < -0.39 is 0 Å². The molecule has 0 spiro atoms. The van der Waals surface area contributed by atoms with Gasteiger partial charge >= 0.3 is 0 Å². The third kappa shape index (κ3) is 3.48. The minimum Gasteiger partial charge on any atom is -0.436 e. The van der Waals surface area contributed by atoms with E-state index in [9.17, 15) is 4.79 Å². The first-order valence-corrected chi connectivity index (χ1v) is 9.21. The van der Waals surface area contributed by atoms with Crippen LogP contribution in [0.15, 0.2) is 71.1 Å². The van der Waals surface area contributed by atoms with Gasteiger partial charge in [-0.15, -0.1) is 0 Å². The minimum absolute atomic E-state index is 0.133. The molecule has 0 radical (unpaired) electrons. The van der Waals surface area contributed by atoms with Gasteiger partial charge in [-0.25, -0.2) is 4.98 Å². The fraction of sp³-hybridized carbons (Fsp3) is 0.0476. The summed E-state index contributed by atoms with van der Waals surface area (Å²) in [4.78, 5) is 16.8. The Bertz CT molecular complexity index is 1080. The highest BCUT2D eigenvalue weighted by atomic mass is 127. The molecule has 26 heavy (non-hydrogen) atoms. The lowest BCUT2D eigenvalue weighted by Gasteiger charge is -2.06. The Morgan fingerprint density at radius 2 is 1.73 bits per heavy atom. The largest absolute Gasteiger partial charge is 0.436 e. The maximum absolute atomic E-state index is 12.3. The number of aryl methyl sites for hydroxylation is 1. The van der Waals surface area contributed by atoms with Crippen molar-refractivity contribution in [2.24, 2.45) is 0 Å². The van der Waals surface area contributed by atoms with Gasteiger partial charge in [-0.3, -0.25) is 4.79 Å². The van der Waals surface area contributed by atoms with E-state index in [1.54, 1.807) is 0 Å². The van der Waals surface area contributed by atoms with Crippen LogP contribution in [0.2, 0.25) is 0 Å². The van der Waals surface area contributed by atoms with Crippen molar-refractivity contribution >= 4 is 45.3 Å². The summed E-state index contributed by atoms with van der Waals surface area (Å²) < 4.78 is 6.93. The summed E-state index contributed by atoms with van der Waals surface area (Å²) in [6, 6.07) is 20.9. The average Bonchev–Trinajstić information content (AvgIpc) is 3.06. The maximum atomic E-state index is 12.3. The summed E-state index contributed by atoms with van der Waals surface area (Å²) in [7, 11) is 0. The molecule has 0 fully saturated rings. The minimum atomic E-state index is -0.133. The van der Waals surface area contributed by atoms with Crippen LogP contribution in [0.4, 0.5) is 5.69 Å². The number of oxazole rings is 1. The van der Waals surface area contributed by atoms with Crippen LogP contribution in [0, 0.1) is 10.5 Å². The van der Waals surface area contributed by atoms with E-state index in [0.717, 1.165) is 31.5 Å². The summed E-state index contributed by atoms with van der Waals surface area (Å²) >= 11 is 2.21. The Morgan fingerprint density at radius 3 is 2.46 bits per heavy atom. The predicted molar refractivity (Wildman–Crippen MR) is 111 cm³/mol. The number of fused-ring (bicyclic) bond motifs is 1. The molecule has 4 rings (SSSR count). The van der Waals surface area contributed by atoms with Crippen LogP contribution in [0.25, 0.3) is 22.6 Å². The highest BCUT2D eigenvalue weighted by molar-refractivity contribution is 14.1. The van der Waals surface area contributed by atoms with Crippen molar-refractivity contribution in [3.63, 3.8) is 0 Å². The molecule has 0 aliphatic carbocycles. The van der Waals surface area contributed by atoms with Crippen LogP contribution in [-0.2, 0) is 0 Å². The van der Waals surface area contributed by atoms with Crippen LogP contribution in [0.3, 0.4) is 0 Å². The van der Waals surface area contributed by atoms with Crippen molar-refractivity contribution in [3.05, 3.63) is 81.4 Å². The van der Waals surface area contributed by atoms with Gasteiger partial charge in [0, 0.05) is 20.4 Å². The van der Waals surface area contributed by atoms with Gasteiger partial charge in [0.1, 0.15) is 5.52 Å². The summed E-state index contributed by atoms with van der Waals surface area (Å²) in [5.41, 5.74) is 4.96. The zero-order valence-electron chi connectivity index (χ0n) is 14.0. The molecule has 1 amide bonds. The van der Waals surface area contributed by atoms with Gasteiger partial charge in [0.15, 0.2) is 5.58 Å². The number of carbonyl (C=O) groups excluding carboxylic acids is 1. The number of amides is 1. The van der Waals surface area contributed by atoms with Gasteiger partial charge in [0.25, 0.3) is 5.91 Å². The lowest BCUT2D eigenvalue weighted by molar-refractivity contribution is 0.102. The van der Waals surface area contributed by atoms with Crippen molar-refractivity contribution in [3.8, 4) is 11.5 Å². The molecule has 0 saturated heterocycles. The number of carbonyl (C=O) groups is 1. The molecule has 0 atom stereocenters. The number of aromatic nitrogens is 1. The number of nitrogens with one attached hydrogen (secondary N) is 1. The molecule has 1 aromatic heterocycles. The standard InChI is InChI=1S/C21H15IN2O2/c1-13-2-11-18-19(12-13)26-21(24-18)15-5-9-17(10-6-15)23-20(25)14-3-7-16(22)8-4-14/h2-12H,1H3,(H,23,25). The van der Waals surface area contributed by atoms with Gasteiger partial charge in [0.05, 0.1) is 0 Å². The molecule has 3 aromatic carbocycles. The van der Waals surface area contributed by atoms with Crippen LogP contribution < -0.4 is 5.32 Å². The number of rotatable bonds is 3. The number of hydrogen-bond donors (Lipinski definition) is 1. The van der Waals surface area contributed by atoms with Gasteiger partial charge in [-0.1, -0.05) is 6.07 Å². The SMILES string of the molecule is Cc1ccc2nc(-c3ccc(NC(=O)c4ccc(I)cc4)cc3)oc2c1. The van der Waals surface area contributed by atoms with Crippen LogP contribution >= 0.6 is 22.6 Å². The summed E-state index contributed by atoms with van der Waals surface area (Å²) in [5.74, 6) is 0.438. The van der Waals surface area contributed by atoms with Gasteiger partial charge in [0.2, 0.25) is 5.89 Å². The van der Waals surface area contributed by atoms with Crippen molar-refractivity contribution in [1.82, 2.24) is 4.98 Å². The monoisotopic (exact) mass is 454 g/mol. The van der Waals surface area contributed by atoms with E-state index in [4.69, 9.17) is 4.42 Å². The smallest absolute Gasteiger partial charge is 0.255 e. The molecule has 0 unspecified atom stereocenters. The van der Waals surface area contributed by atoms with E-state index in [1.165, 1.54) is 0 Å². The van der Waals surface area contributed by atoms with E-state index in [1.807, 2.05) is 73.7 Å². The zero-order chi connectivity index (χ0) is 18.1. The van der Waals surface area contributed by atoms with Crippen LogP contribution in [0.1, 0.15) is 15.9 Å². The fourth-order valence-electron chi connectivity index (χ4n) is 2.66. The summed E-state index contributed by atoms with van der Waals surface area (Å²) in [6.07, 6.45) is 0. The lowest BCUT2D eigenvalue weighted by Crippen LogP contribution is -2.11. The molecule has 1 heterocycles. The summed E-state index contributed by atoms with van der Waals surface area (Å²) in [6.45, 7) is 2.02. The molecule has 0 aliphatic heterocycles. The van der Waals surface area contributed by atoms with E-state index >= 15 is 0 Å². The number of nitrogens with zero attached hydrogens (tertiary/aromatic N) is 1. The third-order valence-corrected chi connectivity index (χ3v) is 4.76. The molecular weight excluding hydrogens is 439 g/mol. The normalized spacial score (nSPS) is 10.8. The Labute approximate surface area is 164 Å². The Morgan fingerprint density at radius 1 is 1.00 bits per heavy atom. The molecule has 4 aromatic rings. The van der Waals surface area contributed by atoms with Crippen molar-refractivity contribution < 1.29 is 9.21 Å². The Balaban J connectivity index is 1.54. The molecule has 0 bridgehead atoms. The fourth-order valence-corrected chi connectivity index (χ4v) is 3.02. The first-order chi connectivity index (χ1) is 12.6. The number of halogens is 1. The number of hydrogen-bond acceptors (Lipinski definition) is 3. The molecule has 4 nitrogen and oxygen atoms in total. The van der Waals surface area contributed by atoms with Crippen molar-refractivity contribution in [2.45, 2.75) is 6.92 Å². The quantitative estimate of drug-likeness (QED) is 0.407. The molecule has 0 saturated carbocycles. The molecule has 5 heteroatoms. The second-order valence-corrected chi connectivity index (χ2v) is 7.27. The molecule has 128 valence electrons. The zero-order valence-corrected chi connectivity index (χ0v) is 16.2. The van der Waals surface area contributed by atoms with Gasteiger partial charge < -0.3 is 9.73 Å². The van der Waals surface area contributed by atoms with Crippen LogP contribution in [0.5, 0.6) is 0 Å². The second kappa shape index (κ2) is 6.92. The van der Waals surface area contributed by atoms with Crippen molar-refractivity contribution in [1.29, 1.82) is 0 Å². The third-order valence-electron chi connectivity index (χ3n) is 4.04. The van der Waals surface area contributed by atoms with E-state index in [2.05, 4.69) is 32.9 Å².